The van der Waals surface area contributed by atoms with E-state index in [1.165, 1.54) is 4.31 Å². The molecule has 0 aliphatic carbocycles. The highest BCUT2D eigenvalue weighted by atomic mass is 32.2. The molecule has 29 heavy (non-hydrogen) atoms. The lowest BCUT2D eigenvalue weighted by atomic mass is 9.87. The van der Waals surface area contributed by atoms with Gasteiger partial charge in [0.25, 0.3) is 0 Å². The molecule has 0 saturated carbocycles. The maximum absolute atomic E-state index is 12.9. The molecule has 1 aromatic heterocycles. The lowest BCUT2D eigenvalue weighted by Gasteiger charge is -2.34. The molecule has 1 aliphatic heterocycles. The fourth-order valence-corrected chi connectivity index (χ4v) is 4.69. The zero-order valence-corrected chi connectivity index (χ0v) is 18.2. The second kappa shape index (κ2) is 8.23. The van der Waals surface area contributed by atoms with E-state index in [0.717, 1.165) is 5.56 Å². The van der Waals surface area contributed by atoms with Crippen molar-refractivity contribution < 1.29 is 17.7 Å². The number of carbonyl (C=O) groups excluding carboxylic acids is 1. The van der Waals surface area contributed by atoms with Gasteiger partial charge in [0.1, 0.15) is 0 Å². The number of piperazine rings is 1. The Morgan fingerprint density at radius 2 is 1.72 bits per heavy atom. The fraction of sp³-hybridized carbons (Fsp3) is 0.550. The van der Waals surface area contributed by atoms with Gasteiger partial charge in [-0.1, -0.05) is 38.1 Å². The second-order valence-corrected chi connectivity index (χ2v) is 10.2. The number of carbonyl (C=O) groups is 1. The van der Waals surface area contributed by atoms with E-state index in [1.807, 2.05) is 12.1 Å². The van der Waals surface area contributed by atoms with Gasteiger partial charge in [0.15, 0.2) is 5.82 Å². The summed E-state index contributed by atoms with van der Waals surface area (Å²) in [5.41, 5.74) is 1.05. The number of aryl methyl sites for hydroxylation is 2. The van der Waals surface area contributed by atoms with Crippen LogP contribution in [0.5, 0.6) is 0 Å². The van der Waals surface area contributed by atoms with Gasteiger partial charge in [-0.15, -0.1) is 0 Å². The van der Waals surface area contributed by atoms with E-state index >= 15 is 0 Å². The maximum Gasteiger partial charge on any atom is 0.243 e. The standard InChI is InChI=1S/C20H28N4O4S/c1-15-21-18(28-22-15)9-10-19(25)23-11-13-24(14-12-23)29(26,27)17-7-5-16(6-8-17)20(2,3)4/h5-8H,9-14H2,1-4H3. The van der Waals surface area contributed by atoms with Gasteiger partial charge in [-0.25, -0.2) is 8.42 Å². The third-order valence-electron chi connectivity index (χ3n) is 5.07. The Morgan fingerprint density at radius 1 is 1.10 bits per heavy atom. The third kappa shape index (κ3) is 5.02. The van der Waals surface area contributed by atoms with E-state index in [4.69, 9.17) is 4.52 Å². The summed E-state index contributed by atoms with van der Waals surface area (Å²) in [4.78, 5) is 18.5. The molecule has 0 bridgehead atoms. The smallest absolute Gasteiger partial charge is 0.243 e. The van der Waals surface area contributed by atoms with Crippen molar-refractivity contribution in [3.8, 4) is 0 Å². The van der Waals surface area contributed by atoms with Crippen LogP contribution in [0.4, 0.5) is 0 Å². The van der Waals surface area contributed by atoms with Crippen LogP contribution in [0.2, 0.25) is 0 Å². The number of sulfonamides is 1. The van der Waals surface area contributed by atoms with Crippen LogP contribution in [-0.4, -0.2) is 59.8 Å². The molecule has 3 rings (SSSR count). The number of rotatable bonds is 5. The van der Waals surface area contributed by atoms with Gasteiger partial charge in [0, 0.05) is 39.0 Å². The average molecular weight is 421 g/mol. The molecular formula is C20H28N4O4S. The van der Waals surface area contributed by atoms with Crippen molar-refractivity contribution in [1.82, 2.24) is 19.3 Å². The maximum atomic E-state index is 12.9. The van der Waals surface area contributed by atoms with Crippen molar-refractivity contribution >= 4 is 15.9 Å². The van der Waals surface area contributed by atoms with Crippen LogP contribution in [-0.2, 0) is 26.7 Å². The van der Waals surface area contributed by atoms with Crippen molar-refractivity contribution in [2.24, 2.45) is 0 Å². The van der Waals surface area contributed by atoms with Crippen LogP contribution in [0.3, 0.4) is 0 Å². The quantitative estimate of drug-likeness (QED) is 0.735. The highest BCUT2D eigenvalue weighted by molar-refractivity contribution is 7.89. The van der Waals surface area contributed by atoms with Crippen LogP contribution >= 0.6 is 0 Å². The third-order valence-corrected chi connectivity index (χ3v) is 6.98. The first-order chi connectivity index (χ1) is 13.6. The van der Waals surface area contributed by atoms with Crippen LogP contribution in [0.1, 0.15) is 44.5 Å². The Labute approximate surface area is 171 Å². The first-order valence-corrected chi connectivity index (χ1v) is 11.2. The Kier molecular flexibility index (Phi) is 6.09. The molecule has 2 aromatic rings. The summed E-state index contributed by atoms with van der Waals surface area (Å²) in [6, 6.07) is 7.07. The number of hydrogen-bond donors (Lipinski definition) is 0. The molecule has 1 amide bonds. The van der Waals surface area contributed by atoms with Crippen LogP contribution < -0.4 is 0 Å². The molecule has 2 heterocycles. The molecule has 158 valence electrons. The molecule has 1 saturated heterocycles. The van der Waals surface area contributed by atoms with E-state index in [-0.39, 0.29) is 35.7 Å². The first-order valence-electron chi connectivity index (χ1n) is 9.75. The minimum atomic E-state index is -3.56. The molecule has 0 unspecified atom stereocenters. The molecule has 8 nitrogen and oxygen atoms in total. The van der Waals surface area contributed by atoms with Gasteiger partial charge in [0.2, 0.25) is 21.8 Å². The number of aromatic nitrogens is 2. The van der Waals surface area contributed by atoms with E-state index in [0.29, 0.717) is 31.2 Å². The lowest BCUT2D eigenvalue weighted by Crippen LogP contribution is -2.50. The van der Waals surface area contributed by atoms with Gasteiger partial charge < -0.3 is 9.42 Å². The summed E-state index contributed by atoms with van der Waals surface area (Å²) in [5, 5.41) is 3.71. The second-order valence-electron chi connectivity index (χ2n) is 8.29. The van der Waals surface area contributed by atoms with Gasteiger partial charge in [0.05, 0.1) is 4.90 Å². The van der Waals surface area contributed by atoms with Crippen LogP contribution in [0.25, 0.3) is 0 Å². The van der Waals surface area contributed by atoms with Gasteiger partial charge >= 0.3 is 0 Å². The van der Waals surface area contributed by atoms with Crippen molar-refractivity contribution in [2.45, 2.75) is 50.8 Å². The number of benzene rings is 1. The van der Waals surface area contributed by atoms with Crippen molar-refractivity contribution in [2.75, 3.05) is 26.2 Å². The zero-order valence-electron chi connectivity index (χ0n) is 17.4. The summed E-state index contributed by atoms with van der Waals surface area (Å²) >= 11 is 0. The Balaban J connectivity index is 1.57. The number of nitrogens with zero attached hydrogens (tertiary/aromatic N) is 4. The topological polar surface area (TPSA) is 96.6 Å². The van der Waals surface area contributed by atoms with Crippen LogP contribution in [0, 0.1) is 6.92 Å². The van der Waals surface area contributed by atoms with E-state index < -0.39 is 10.0 Å². The predicted molar refractivity (Wildman–Crippen MR) is 108 cm³/mol. The molecule has 9 heteroatoms. The highest BCUT2D eigenvalue weighted by Gasteiger charge is 2.30. The summed E-state index contributed by atoms with van der Waals surface area (Å²) in [6.45, 7) is 9.32. The largest absolute Gasteiger partial charge is 0.340 e. The molecular weight excluding hydrogens is 392 g/mol. The van der Waals surface area contributed by atoms with Gasteiger partial charge in [-0.05, 0) is 30.0 Å². The van der Waals surface area contributed by atoms with E-state index in [1.54, 1.807) is 24.0 Å². The number of amides is 1. The molecule has 0 N–H and O–H groups in total. The molecule has 1 fully saturated rings. The molecule has 1 aliphatic rings. The molecule has 0 radical (unpaired) electrons. The predicted octanol–water partition coefficient (Wildman–Crippen LogP) is 2.14. The molecule has 1 aromatic carbocycles. The Bertz CT molecular complexity index is 953. The monoisotopic (exact) mass is 420 g/mol. The normalized spacial score (nSPS) is 16.2. The van der Waals surface area contributed by atoms with E-state index in [2.05, 4.69) is 30.9 Å². The van der Waals surface area contributed by atoms with Crippen LogP contribution in [0.15, 0.2) is 33.7 Å². The fourth-order valence-electron chi connectivity index (χ4n) is 3.27. The Hall–Kier alpha value is -2.26. The highest BCUT2D eigenvalue weighted by Crippen LogP contribution is 2.25. The zero-order chi connectivity index (χ0) is 21.2. The summed E-state index contributed by atoms with van der Waals surface area (Å²) in [5.74, 6) is 0.949. The van der Waals surface area contributed by atoms with Crippen molar-refractivity contribution in [3.05, 3.63) is 41.5 Å². The van der Waals surface area contributed by atoms with Crippen molar-refractivity contribution in [1.29, 1.82) is 0 Å². The van der Waals surface area contributed by atoms with Crippen molar-refractivity contribution in [3.63, 3.8) is 0 Å². The average Bonchev–Trinajstić information content (AvgIpc) is 3.11. The van der Waals surface area contributed by atoms with Gasteiger partial charge in [-0.3, -0.25) is 4.79 Å². The van der Waals surface area contributed by atoms with Gasteiger partial charge in [-0.2, -0.15) is 9.29 Å². The SMILES string of the molecule is Cc1noc(CCC(=O)N2CCN(S(=O)(=O)c3ccc(C(C)(C)C)cc3)CC2)n1. The molecule has 0 atom stereocenters. The minimum absolute atomic E-state index is 0.0335. The first kappa shape index (κ1) is 21.4. The summed E-state index contributed by atoms with van der Waals surface area (Å²) in [7, 11) is -3.56. The van der Waals surface area contributed by atoms with E-state index in [9.17, 15) is 13.2 Å². The number of hydrogen-bond acceptors (Lipinski definition) is 6. The minimum Gasteiger partial charge on any atom is -0.340 e. The summed E-state index contributed by atoms with van der Waals surface area (Å²) in [6.07, 6.45) is 0.654. The molecule has 0 spiro atoms. The lowest BCUT2D eigenvalue weighted by molar-refractivity contribution is -0.132. The summed E-state index contributed by atoms with van der Waals surface area (Å²) < 4.78 is 32.3. The Morgan fingerprint density at radius 3 is 2.24 bits per heavy atom.